The van der Waals surface area contributed by atoms with Crippen molar-refractivity contribution in [3.63, 3.8) is 0 Å². The summed E-state index contributed by atoms with van der Waals surface area (Å²) in [5.74, 6) is 0. The number of rotatable bonds is 2. The maximum Gasteiger partial charge on any atom is 0.255 e. The number of aromatic amines is 2. The van der Waals surface area contributed by atoms with Gasteiger partial charge in [-0.1, -0.05) is 0 Å². The van der Waals surface area contributed by atoms with Gasteiger partial charge in [0.15, 0.2) is 4.77 Å². The van der Waals surface area contributed by atoms with E-state index in [0.29, 0.717) is 4.77 Å². The molecule has 20 heavy (non-hydrogen) atoms. The largest absolute Gasteiger partial charge is 0.334 e. The number of hydrogen-bond acceptors (Lipinski definition) is 5. The zero-order valence-electron chi connectivity index (χ0n) is 11.4. The molecule has 0 spiro atoms. The van der Waals surface area contributed by atoms with Crippen LogP contribution in [0.3, 0.4) is 0 Å². The SMILES string of the molecule is Cc1nc(C)c(CN2CCc3c([nH]c(=S)[nH]c3=O)C2)s1. The molecule has 0 aliphatic carbocycles. The highest BCUT2D eigenvalue weighted by Gasteiger charge is 2.20. The first-order valence-corrected chi connectivity index (χ1v) is 7.75. The van der Waals surface area contributed by atoms with Crippen LogP contribution in [0.5, 0.6) is 0 Å². The van der Waals surface area contributed by atoms with Crippen LogP contribution in [0, 0.1) is 18.6 Å². The molecule has 1 aliphatic heterocycles. The third kappa shape index (κ3) is 2.61. The summed E-state index contributed by atoms with van der Waals surface area (Å²) in [7, 11) is 0. The summed E-state index contributed by atoms with van der Waals surface area (Å²) < 4.78 is 0.403. The van der Waals surface area contributed by atoms with Crippen LogP contribution in [0.2, 0.25) is 0 Å². The Bertz CT molecular complexity index is 758. The zero-order chi connectivity index (χ0) is 14.3. The van der Waals surface area contributed by atoms with Crippen molar-refractivity contribution >= 4 is 23.6 Å². The van der Waals surface area contributed by atoms with Crippen LogP contribution in [0.4, 0.5) is 0 Å². The molecule has 0 fully saturated rings. The highest BCUT2D eigenvalue weighted by molar-refractivity contribution is 7.71. The Hall–Kier alpha value is -1.31. The fraction of sp³-hybridized carbons (Fsp3) is 0.462. The molecule has 0 amide bonds. The minimum atomic E-state index is -0.0479. The highest BCUT2D eigenvalue weighted by atomic mass is 32.1. The monoisotopic (exact) mass is 308 g/mol. The van der Waals surface area contributed by atoms with E-state index >= 15 is 0 Å². The highest BCUT2D eigenvalue weighted by Crippen LogP contribution is 2.22. The van der Waals surface area contributed by atoms with Gasteiger partial charge in [-0.3, -0.25) is 14.7 Å². The lowest BCUT2D eigenvalue weighted by atomic mass is 10.1. The van der Waals surface area contributed by atoms with Crippen LogP contribution in [-0.4, -0.2) is 26.4 Å². The fourth-order valence-electron chi connectivity index (χ4n) is 2.59. The van der Waals surface area contributed by atoms with E-state index in [4.69, 9.17) is 12.2 Å². The van der Waals surface area contributed by atoms with Crippen LogP contribution >= 0.6 is 23.6 Å². The molecular weight excluding hydrogens is 292 g/mol. The van der Waals surface area contributed by atoms with E-state index in [2.05, 4.69) is 26.8 Å². The Morgan fingerprint density at radius 3 is 2.90 bits per heavy atom. The molecule has 0 atom stereocenters. The number of nitrogens with one attached hydrogen (secondary N) is 2. The molecule has 7 heteroatoms. The van der Waals surface area contributed by atoms with Gasteiger partial charge in [0.05, 0.1) is 10.7 Å². The summed E-state index contributed by atoms with van der Waals surface area (Å²) in [6.07, 6.45) is 0.758. The Labute approximate surface area is 125 Å². The molecule has 106 valence electrons. The number of aromatic nitrogens is 3. The molecule has 0 saturated heterocycles. The second-order valence-electron chi connectivity index (χ2n) is 5.07. The summed E-state index contributed by atoms with van der Waals surface area (Å²) in [6.45, 7) is 6.58. The topological polar surface area (TPSA) is 64.8 Å². The van der Waals surface area contributed by atoms with Crippen LogP contribution in [0.15, 0.2) is 4.79 Å². The molecule has 2 N–H and O–H groups in total. The number of hydrogen-bond donors (Lipinski definition) is 2. The Kier molecular flexibility index (Phi) is 3.57. The minimum Gasteiger partial charge on any atom is -0.334 e. The Balaban J connectivity index is 1.84. The summed E-state index contributed by atoms with van der Waals surface area (Å²) in [6, 6.07) is 0. The molecule has 0 bridgehead atoms. The van der Waals surface area contributed by atoms with Crippen LogP contribution in [0.25, 0.3) is 0 Å². The quantitative estimate of drug-likeness (QED) is 0.834. The molecule has 0 saturated carbocycles. The van der Waals surface area contributed by atoms with Gasteiger partial charge in [0, 0.05) is 35.8 Å². The molecule has 3 heterocycles. The van der Waals surface area contributed by atoms with Gasteiger partial charge in [0.1, 0.15) is 0 Å². The summed E-state index contributed by atoms with van der Waals surface area (Å²) >= 11 is 6.78. The maximum atomic E-state index is 11.8. The number of fused-ring (bicyclic) bond motifs is 1. The van der Waals surface area contributed by atoms with E-state index in [9.17, 15) is 4.79 Å². The van der Waals surface area contributed by atoms with Crippen molar-refractivity contribution < 1.29 is 0 Å². The molecule has 5 nitrogen and oxygen atoms in total. The van der Waals surface area contributed by atoms with Gasteiger partial charge in [0.25, 0.3) is 5.56 Å². The lowest BCUT2D eigenvalue weighted by Gasteiger charge is -2.27. The summed E-state index contributed by atoms with van der Waals surface area (Å²) in [5.41, 5.74) is 2.85. The van der Waals surface area contributed by atoms with Crippen molar-refractivity contribution in [3.05, 3.63) is 42.0 Å². The third-order valence-electron chi connectivity index (χ3n) is 3.56. The average molecular weight is 308 g/mol. The van der Waals surface area contributed by atoms with Crippen LogP contribution in [-0.2, 0) is 19.5 Å². The first kappa shape index (κ1) is 13.7. The normalized spacial score (nSPS) is 15.3. The van der Waals surface area contributed by atoms with Crippen molar-refractivity contribution in [2.75, 3.05) is 6.54 Å². The average Bonchev–Trinajstić information content (AvgIpc) is 2.67. The van der Waals surface area contributed by atoms with E-state index in [1.807, 2.05) is 6.92 Å². The lowest BCUT2D eigenvalue weighted by molar-refractivity contribution is 0.242. The first-order valence-electron chi connectivity index (χ1n) is 6.52. The maximum absolute atomic E-state index is 11.8. The number of nitrogens with zero attached hydrogens (tertiary/aromatic N) is 2. The standard InChI is InChI=1S/C13H16N4OS2/c1-7-11(20-8(2)14-7)6-17-4-3-9-10(5-17)15-13(19)16-12(9)18/h3-6H2,1-2H3,(H2,15,16,18,19). The van der Waals surface area contributed by atoms with E-state index < -0.39 is 0 Å². The van der Waals surface area contributed by atoms with Crippen molar-refractivity contribution in [3.8, 4) is 0 Å². The fourth-order valence-corrected chi connectivity index (χ4v) is 3.79. The molecular formula is C13H16N4OS2. The molecule has 2 aromatic heterocycles. The summed E-state index contributed by atoms with van der Waals surface area (Å²) in [5, 5.41) is 1.10. The third-order valence-corrected chi connectivity index (χ3v) is 4.82. The predicted octanol–water partition coefficient (Wildman–Crippen LogP) is 2.06. The minimum absolute atomic E-state index is 0.0479. The van der Waals surface area contributed by atoms with E-state index in [1.54, 1.807) is 11.3 Å². The van der Waals surface area contributed by atoms with Crippen molar-refractivity contribution in [1.29, 1.82) is 0 Å². The zero-order valence-corrected chi connectivity index (χ0v) is 13.1. The van der Waals surface area contributed by atoms with Crippen molar-refractivity contribution in [2.45, 2.75) is 33.4 Å². The summed E-state index contributed by atoms with van der Waals surface area (Å²) in [4.78, 5) is 25.7. The molecule has 1 aliphatic rings. The van der Waals surface area contributed by atoms with Crippen LogP contribution in [0.1, 0.15) is 26.8 Å². The molecule has 2 aromatic rings. The number of H-pyrrole nitrogens is 2. The first-order chi connectivity index (χ1) is 9.52. The number of thiazole rings is 1. The van der Waals surface area contributed by atoms with Crippen molar-refractivity contribution in [1.82, 2.24) is 19.9 Å². The molecule has 0 unspecified atom stereocenters. The Morgan fingerprint density at radius 2 is 2.20 bits per heavy atom. The molecule has 0 aromatic carbocycles. The van der Waals surface area contributed by atoms with Gasteiger partial charge in [0.2, 0.25) is 0 Å². The van der Waals surface area contributed by atoms with Gasteiger partial charge in [-0.15, -0.1) is 11.3 Å². The van der Waals surface area contributed by atoms with Crippen LogP contribution < -0.4 is 5.56 Å². The van der Waals surface area contributed by atoms with Gasteiger partial charge in [-0.2, -0.15) is 0 Å². The number of aryl methyl sites for hydroxylation is 2. The predicted molar refractivity (Wildman–Crippen MR) is 81.7 cm³/mol. The Morgan fingerprint density at radius 1 is 1.40 bits per heavy atom. The van der Waals surface area contributed by atoms with Gasteiger partial charge < -0.3 is 4.98 Å². The van der Waals surface area contributed by atoms with Gasteiger partial charge >= 0.3 is 0 Å². The van der Waals surface area contributed by atoms with E-state index in [-0.39, 0.29) is 5.56 Å². The van der Waals surface area contributed by atoms with Crippen molar-refractivity contribution in [2.24, 2.45) is 0 Å². The lowest BCUT2D eigenvalue weighted by Crippen LogP contribution is -2.34. The van der Waals surface area contributed by atoms with Gasteiger partial charge in [-0.25, -0.2) is 4.98 Å². The molecule has 3 rings (SSSR count). The smallest absolute Gasteiger partial charge is 0.255 e. The second kappa shape index (κ2) is 5.23. The van der Waals surface area contributed by atoms with Gasteiger partial charge in [-0.05, 0) is 32.5 Å². The second-order valence-corrected chi connectivity index (χ2v) is 6.76. The van der Waals surface area contributed by atoms with E-state index in [0.717, 1.165) is 48.0 Å². The van der Waals surface area contributed by atoms with E-state index in [1.165, 1.54) is 4.88 Å². The molecule has 0 radical (unpaired) electrons.